The normalized spacial score (nSPS) is 28.3. The van der Waals surface area contributed by atoms with Crippen molar-refractivity contribution in [1.29, 1.82) is 0 Å². The summed E-state index contributed by atoms with van der Waals surface area (Å²) in [6.07, 6.45) is 28.0. The van der Waals surface area contributed by atoms with Crippen LogP contribution in [0.1, 0.15) is 246 Å². The van der Waals surface area contributed by atoms with E-state index in [0.29, 0.717) is 78.2 Å². The Balaban J connectivity index is 0.000000128. The van der Waals surface area contributed by atoms with E-state index in [9.17, 15) is 28.8 Å². The van der Waals surface area contributed by atoms with Crippen molar-refractivity contribution < 1.29 is 57.2 Å². The van der Waals surface area contributed by atoms with E-state index in [-0.39, 0.29) is 151 Å². The number of nitrogens with zero attached hydrogens (tertiary/aromatic N) is 21. The maximum Gasteiger partial charge on any atom is 0.319 e. The number of benzene rings is 1. The lowest BCUT2D eigenvalue weighted by Crippen LogP contribution is -2.46. The molecule has 0 saturated heterocycles. The summed E-state index contributed by atoms with van der Waals surface area (Å²) in [5.41, 5.74) is 11.8. The smallest absolute Gasteiger partial charge is 0.319 e. The molecular formula is C116H127N21O12. The summed E-state index contributed by atoms with van der Waals surface area (Å²) in [5.74, 6) is 7.20. The van der Waals surface area contributed by atoms with E-state index in [1.165, 1.54) is 6.33 Å². The van der Waals surface area contributed by atoms with Gasteiger partial charge in [0, 0.05) is 139 Å². The van der Waals surface area contributed by atoms with Crippen molar-refractivity contribution in [2.45, 2.75) is 246 Å². The van der Waals surface area contributed by atoms with Gasteiger partial charge in [0.2, 0.25) is 63.6 Å². The van der Waals surface area contributed by atoms with E-state index in [1.54, 1.807) is 45.9 Å². The Labute approximate surface area is 871 Å². The van der Waals surface area contributed by atoms with Crippen molar-refractivity contribution in [3.63, 3.8) is 0 Å². The fourth-order valence-electron chi connectivity index (χ4n) is 25.9. The highest BCUT2D eigenvalue weighted by Crippen LogP contribution is 2.59. The molecule has 18 atom stereocenters. The highest BCUT2D eigenvalue weighted by atomic mass is 16.5. The lowest BCUT2D eigenvalue weighted by molar-refractivity contribution is -0.122. The van der Waals surface area contributed by atoms with Crippen molar-refractivity contribution in [1.82, 2.24) is 69.8 Å². The maximum atomic E-state index is 12.5. The molecule has 0 N–H and O–H groups in total. The maximum absolute atomic E-state index is 12.5. The van der Waals surface area contributed by atoms with Crippen LogP contribution in [0.25, 0.3) is 51.8 Å². The molecule has 0 unspecified atom stereocenters. The predicted octanol–water partition coefficient (Wildman–Crippen LogP) is 18.8. The average Bonchev–Trinajstić information content (AvgIpc) is 1.00. The Kier molecular flexibility index (Phi) is 30.2. The van der Waals surface area contributed by atoms with Gasteiger partial charge in [-0.2, -0.15) is 29.9 Å². The largest absolute Gasteiger partial charge is 0.481 e. The molecule has 7 heterocycles. The Morgan fingerprint density at radius 2 is 0.624 bits per heavy atom. The van der Waals surface area contributed by atoms with Crippen LogP contribution in [0.2, 0.25) is 0 Å². The molecule has 1 aromatic carbocycles. The lowest BCUT2D eigenvalue weighted by atomic mass is 9.58. The first kappa shape index (κ1) is 107. The summed E-state index contributed by atoms with van der Waals surface area (Å²) in [6.45, 7) is 79.4. The van der Waals surface area contributed by atoms with Crippen molar-refractivity contribution in [2.75, 3.05) is 60.1 Å². The zero-order valence-electron chi connectivity index (χ0n) is 88.9. The summed E-state index contributed by atoms with van der Waals surface area (Å²) in [6, 6.07) is 10.1. The van der Waals surface area contributed by atoms with Gasteiger partial charge in [0.25, 0.3) is 0 Å². The topological polar surface area (TPSA) is 368 Å². The fourth-order valence-corrected chi connectivity index (χ4v) is 25.9. The van der Waals surface area contributed by atoms with E-state index >= 15 is 0 Å². The van der Waals surface area contributed by atoms with E-state index in [0.717, 1.165) is 180 Å². The molecule has 8 aromatic rings. The SMILES string of the molecule is [C-]#[N+]C1=C[C@]2(C)c3nc(-c4ccccc4)nc(OC)c3CC[C@H]2[C@H](C)C1=O.[C-]#[N+]C1=C[C@]2(C)c3nc(-c4cncnc4)nc(OC)c3CC[C@H]2[C@H](C)C1=O.[C-]#[N+]C1=C[C@]2(C)c3nc(C)nc(N(C)C)c3CC[C@H]2[C@H](C)C1=O.[C-]#[N+]C1=C[C@]2(C)c3nc(C)nc(OCC)c3CC[C@H]2[C@H](C)C1=O.[C-]#[N+]C1=C[C@]2(C)c3nc(C4CC4)nc(OC)c3CC[C@H]2[C@H](C)C1=O.[C-]#[N+]C1=C[C@]2(C)c3nc(OCC)nc(OCC)c3CC[C@H]2[C@H](C)C1=O. The number of carbonyl (C=O) groups is 6. The molecule has 768 valence electrons. The highest BCUT2D eigenvalue weighted by molar-refractivity contribution is 6.04. The monoisotopic (exact) mass is 2010 g/mol. The molecule has 149 heavy (non-hydrogen) atoms. The van der Waals surface area contributed by atoms with Crippen LogP contribution in [0, 0.1) is 124 Å². The number of Topliss-reactive ketones (excluding diaryl/α,β-unsaturated/α-hetero) is 6. The molecule has 33 heteroatoms. The van der Waals surface area contributed by atoms with Crippen molar-refractivity contribution in [3.05, 3.63) is 273 Å². The van der Waals surface area contributed by atoms with Gasteiger partial charge in [0.1, 0.15) is 29.6 Å². The number of anilines is 1. The van der Waals surface area contributed by atoms with E-state index in [4.69, 9.17) is 92.8 Å². The first-order valence-electron chi connectivity index (χ1n) is 51.4. The van der Waals surface area contributed by atoms with Gasteiger partial charge in [-0.1, -0.05) is 150 Å². The van der Waals surface area contributed by atoms with Crippen molar-refractivity contribution in [3.8, 4) is 58.2 Å². The van der Waals surface area contributed by atoms with Crippen LogP contribution < -0.4 is 33.3 Å². The Morgan fingerprint density at radius 1 is 0.336 bits per heavy atom. The molecule has 13 aliphatic carbocycles. The summed E-state index contributed by atoms with van der Waals surface area (Å²) >= 11 is 0. The van der Waals surface area contributed by atoms with Gasteiger partial charge in [-0.25, -0.2) is 68.9 Å². The van der Waals surface area contributed by atoms with Crippen LogP contribution in [0.4, 0.5) is 5.82 Å². The number of ketones is 6. The molecule has 0 radical (unpaired) electrons. The van der Waals surface area contributed by atoms with Gasteiger partial charge in [-0.15, -0.1) is 0 Å². The third-order valence-corrected chi connectivity index (χ3v) is 33.6. The minimum Gasteiger partial charge on any atom is -0.481 e. The molecule has 7 aromatic heterocycles. The van der Waals surface area contributed by atoms with Crippen LogP contribution in [-0.2, 0) is 99.8 Å². The van der Waals surface area contributed by atoms with E-state index in [2.05, 4.69) is 115 Å². The first-order chi connectivity index (χ1) is 71.1. The van der Waals surface area contributed by atoms with E-state index < -0.39 is 27.1 Å². The third-order valence-electron chi connectivity index (χ3n) is 33.6. The van der Waals surface area contributed by atoms with Gasteiger partial charge >= 0.3 is 6.01 Å². The Morgan fingerprint density at radius 3 is 0.946 bits per heavy atom. The van der Waals surface area contributed by atoms with Crippen LogP contribution in [0.15, 0.2) is 120 Å². The Bertz CT molecular complexity index is 7110. The second-order valence-electron chi connectivity index (χ2n) is 42.4. The standard InChI is InChI=1S/C22H21N3O2.C20H19N5O2.C19H23N3O3.C19H21N3O2.C18H22N4O.C18H21N3O2/c1-13-16-11-10-15-19(22(16,2)12-17(23-3)18(13)26)24-20(25-21(15)27-4)14-8-6-5-7-9-14;1-11-14-6-5-13-17(20(14,2)7-15(21-3)16(11)26)24-18(25-19(13)27-4)12-8-22-10-23-9-12;1-6-24-17-12-8-9-13-11(3)15(23)14(20-5)10-19(13,4)16(12)21-18(22-17)25-7-2;1-10-13-8-7-12-16(19(13,2)9-14(20-3)15(10)23)21-17(11-5-6-11)22-18(12)24-4;1-10-13-8-7-12-16(20-11(2)21-17(12)22(5)6)18(13,3)9-14(19-4)15(10)23;1-6-23-17-12-7-8-13-10(2)15(22)14(19-5)9-18(13,4)16(12)20-11(3)21-17/h5-9,12-13,16H,10-11H2,1-2,4H3;7-11,14H,5-6H2,1-2,4H3;10-11,13H,6-9H2,1-4H3;9-11,13H,5-8H2,1-2,4H3;9-10,13H,7-8H2,1-3,5-6H3;9-10,13H,6-8H2,1-4H3/t13-,16-,22-;11-,14-,20-;11-,13-,19-;10-,13-,19-;2*10-,13-,18-/m000000/s1. The fraction of sp³-hybridized carbons (Fsp3) is 0.500. The minimum absolute atomic E-state index is 0.0236. The van der Waals surface area contributed by atoms with E-state index in [1.807, 2.05) is 150 Å². The van der Waals surface area contributed by atoms with Crippen molar-refractivity contribution >= 4 is 40.5 Å². The minimum atomic E-state index is -0.526. The number of ether oxygens (including phenoxy) is 6. The summed E-state index contributed by atoms with van der Waals surface area (Å²) in [7, 11) is 8.85. The number of hydrogen-bond acceptors (Lipinski definition) is 27. The quantitative estimate of drug-likeness (QED) is 0.0967. The number of aryl methyl sites for hydroxylation is 2. The van der Waals surface area contributed by atoms with Gasteiger partial charge in [0.15, 0.2) is 46.3 Å². The van der Waals surface area contributed by atoms with Gasteiger partial charge in [-0.3, -0.25) is 0 Å². The number of rotatable bonds is 13. The molecule has 13 aliphatic rings. The first-order valence-corrected chi connectivity index (χ1v) is 51.4. The van der Waals surface area contributed by atoms with Gasteiger partial charge in [0.05, 0.1) is 120 Å². The number of aromatic nitrogens is 14. The molecular weight excluding hydrogens is 1880 g/mol. The third kappa shape index (κ3) is 18.9. The van der Waals surface area contributed by atoms with Crippen LogP contribution in [-0.4, -0.2) is 160 Å². The Hall–Kier alpha value is -15.2. The summed E-state index contributed by atoms with van der Waals surface area (Å²) in [4.78, 5) is 162. The number of allylic oxidation sites excluding steroid dienone is 12. The molecule has 1 saturated carbocycles. The number of methoxy groups -OCH3 is 3. The summed E-state index contributed by atoms with van der Waals surface area (Å²) in [5, 5.41) is 0. The number of fused-ring (bicyclic) bond motifs is 18. The zero-order chi connectivity index (χ0) is 107. The number of hydrogen-bond donors (Lipinski definition) is 0. The molecule has 0 bridgehead atoms. The molecule has 21 rings (SSSR count). The highest BCUT2D eigenvalue weighted by Gasteiger charge is 2.57. The lowest BCUT2D eigenvalue weighted by Gasteiger charge is -2.46. The van der Waals surface area contributed by atoms with Crippen molar-refractivity contribution in [2.24, 2.45) is 71.0 Å². The summed E-state index contributed by atoms with van der Waals surface area (Å²) < 4.78 is 33.7. The van der Waals surface area contributed by atoms with Gasteiger partial charge in [-0.05, 0) is 160 Å². The average molecular weight is 2010 g/mol. The second-order valence-corrected chi connectivity index (χ2v) is 42.4. The van der Waals surface area contributed by atoms with Crippen LogP contribution in [0.3, 0.4) is 0 Å². The zero-order valence-corrected chi connectivity index (χ0v) is 88.9. The number of carbonyl (C=O) groups excluding carboxylic acids is 6. The molecule has 33 nitrogen and oxygen atoms in total. The second kappa shape index (κ2) is 42.2. The molecule has 0 aliphatic heterocycles. The van der Waals surface area contributed by atoms with Crippen LogP contribution >= 0.6 is 0 Å². The molecule has 0 amide bonds. The molecule has 0 spiro atoms. The van der Waals surface area contributed by atoms with Crippen LogP contribution in [0.5, 0.6) is 35.4 Å². The predicted molar refractivity (Wildman–Crippen MR) is 556 cm³/mol. The van der Waals surface area contributed by atoms with Gasteiger partial charge < -0.3 is 62.1 Å². The molecule has 1 fully saturated rings.